The Labute approximate surface area is 63.4 Å². The molecule has 66 valence electrons. The van der Waals surface area contributed by atoms with Gasteiger partial charge in [-0.15, -0.1) is 0 Å². The zero-order valence-corrected chi connectivity index (χ0v) is 5.64. The molecule has 7 heteroatoms. The van der Waals surface area contributed by atoms with Crippen molar-refractivity contribution in [2.75, 3.05) is 6.61 Å². The minimum Gasteiger partial charge on any atom is -0.458 e. The SMILES string of the molecule is FC(Cl)=C(F)OCC(F)(F)F. The molecule has 0 radical (unpaired) electrons. The van der Waals surface area contributed by atoms with E-state index in [2.05, 4.69) is 16.3 Å². The summed E-state index contributed by atoms with van der Waals surface area (Å²) in [6, 6.07) is -2.07. The van der Waals surface area contributed by atoms with Crippen molar-refractivity contribution < 1.29 is 26.7 Å². The molecule has 0 rings (SSSR count). The Morgan fingerprint density at radius 2 is 1.73 bits per heavy atom. The van der Waals surface area contributed by atoms with Gasteiger partial charge in [0.1, 0.15) is 0 Å². The second-order valence-electron chi connectivity index (χ2n) is 1.44. The third-order valence-corrected chi connectivity index (χ3v) is 0.660. The van der Waals surface area contributed by atoms with Crippen LogP contribution in [0.1, 0.15) is 0 Å². The molecule has 0 spiro atoms. The highest BCUT2D eigenvalue weighted by Gasteiger charge is 2.29. The van der Waals surface area contributed by atoms with E-state index in [0.717, 1.165) is 0 Å². The maximum Gasteiger partial charge on any atom is 0.422 e. The fraction of sp³-hybridized carbons (Fsp3) is 0.500. The van der Waals surface area contributed by atoms with Crippen molar-refractivity contribution in [2.24, 2.45) is 0 Å². The first-order chi connectivity index (χ1) is 4.83. The van der Waals surface area contributed by atoms with Crippen molar-refractivity contribution in [3.63, 3.8) is 0 Å². The van der Waals surface area contributed by atoms with Crippen molar-refractivity contribution in [3.05, 3.63) is 11.3 Å². The lowest BCUT2D eigenvalue weighted by atomic mass is 10.7. The van der Waals surface area contributed by atoms with Gasteiger partial charge in [-0.2, -0.15) is 22.0 Å². The Hall–Kier alpha value is -0.520. The van der Waals surface area contributed by atoms with Crippen LogP contribution < -0.4 is 0 Å². The maximum absolute atomic E-state index is 11.7. The van der Waals surface area contributed by atoms with Crippen molar-refractivity contribution in [1.29, 1.82) is 0 Å². The van der Waals surface area contributed by atoms with Crippen molar-refractivity contribution >= 4 is 11.6 Å². The number of hydrogen-bond donors (Lipinski definition) is 0. The fourth-order valence-electron chi connectivity index (χ4n) is 0.200. The van der Waals surface area contributed by atoms with Crippen LogP contribution in [0.5, 0.6) is 0 Å². The number of halogens is 6. The molecule has 0 aliphatic heterocycles. The lowest BCUT2D eigenvalue weighted by Gasteiger charge is -2.05. The second kappa shape index (κ2) is 3.75. The van der Waals surface area contributed by atoms with Gasteiger partial charge in [-0.3, -0.25) is 0 Å². The molecule has 0 saturated heterocycles. The van der Waals surface area contributed by atoms with Crippen LogP contribution in [0.4, 0.5) is 22.0 Å². The summed E-state index contributed by atoms with van der Waals surface area (Å²) in [6.07, 6.45) is -4.70. The zero-order chi connectivity index (χ0) is 9.07. The van der Waals surface area contributed by atoms with Gasteiger partial charge in [-0.05, 0) is 11.6 Å². The van der Waals surface area contributed by atoms with Crippen LogP contribution in [0.25, 0.3) is 0 Å². The van der Waals surface area contributed by atoms with Crippen LogP contribution in [0.15, 0.2) is 11.3 Å². The Morgan fingerprint density at radius 1 is 1.27 bits per heavy atom. The maximum atomic E-state index is 11.7. The topological polar surface area (TPSA) is 9.23 Å². The normalized spacial score (nSPS) is 14.4. The quantitative estimate of drug-likeness (QED) is 0.487. The van der Waals surface area contributed by atoms with E-state index < -0.39 is 24.1 Å². The van der Waals surface area contributed by atoms with Gasteiger partial charge >= 0.3 is 12.2 Å². The summed E-state index contributed by atoms with van der Waals surface area (Å²) >= 11 is 4.30. The minimum atomic E-state index is -4.70. The van der Waals surface area contributed by atoms with E-state index in [9.17, 15) is 22.0 Å². The molecule has 0 unspecified atom stereocenters. The van der Waals surface area contributed by atoms with Crippen LogP contribution in [0, 0.1) is 0 Å². The van der Waals surface area contributed by atoms with Crippen LogP contribution in [-0.2, 0) is 4.74 Å². The molecule has 11 heavy (non-hydrogen) atoms. The standard InChI is InChI=1S/C4H2ClF5O/c5-2(6)3(7)11-1-4(8,9)10/h1H2. The highest BCUT2D eigenvalue weighted by molar-refractivity contribution is 6.28. The summed E-state index contributed by atoms with van der Waals surface area (Å²) in [6.45, 7) is -1.90. The summed E-state index contributed by atoms with van der Waals surface area (Å²) in [5.41, 5.74) is 0. The molecule has 0 aromatic carbocycles. The molecule has 0 fully saturated rings. The van der Waals surface area contributed by atoms with Gasteiger partial charge in [0.2, 0.25) is 0 Å². The molecule has 0 aliphatic rings. The van der Waals surface area contributed by atoms with Crippen molar-refractivity contribution in [2.45, 2.75) is 6.18 Å². The first-order valence-electron chi connectivity index (χ1n) is 2.23. The molecule has 0 aromatic rings. The number of hydrogen-bond acceptors (Lipinski definition) is 1. The smallest absolute Gasteiger partial charge is 0.422 e. The molecule has 0 aliphatic carbocycles. The highest BCUT2D eigenvalue weighted by atomic mass is 35.5. The van der Waals surface area contributed by atoms with Crippen LogP contribution >= 0.6 is 11.6 Å². The van der Waals surface area contributed by atoms with E-state index in [0.29, 0.717) is 0 Å². The van der Waals surface area contributed by atoms with E-state index in [1.165, 1.54) is 0 Å². The molecule has 0 N–H and O–H groups in total. The highest BCUT2D eigenvalue weighted by Crippen LogP contribution is 2.19. The first kappa shape index (κ1) is 10.5. The fourth-order valence-corrected chi connectivity index (χ4v) is 0.254. The summed E-state index contributed by atoms with van der Waals surface area (Å²) in [7, 11) is 0. The van der Waals surface area contributed by atoms with Crippen LogP contribution in [-0.4, -0.2) is 12.8 Å². The van der Waals surface area contributed by atoms with E-state index >= 15 is 0 Å². The summed E-state index contributed by atoms with van der Waals surface area (Å²) < 4.78 is 60.0. The predicted octanol–water partition coefficient (Wildman–Crippen LogP) is 2.87. The lowest BCUT2D eigenvalue weighted by molar-refractivity contribution is -0.170. The van der Waals surface area contributed by atoms with Crippen LogP contribution in [0.2, 0.25) is 0 Å². The van der Waals surface area contributed by atoms with Crippen LogP contribution in [0.3, 0.4) is 0 Å². The largest absolute Gasteiger partial charge is 0.458 e. The lowest BCUT2D eigenvalue weighted by Crippen LogP contribution is -2.16. The van der Waals surface area contributed by atoms with Gasteiger partial charge in [-0.1, -0.05) is 0 Å². The van der Waals surface area contributed by atoms with E-state index in [1.807, 2.05) is 0 Å². The third kappa shape index (κ3) is 5.90. The predicted molar refractivity (Wildman–Crippen MR) is 27.1 cm³/mol. The monoisotopic (exact) mass is 196 g/mol. The zero-order valence-electron chi connectivity index (χ0n) is 4.88. The summed E-state index contributed by atoms with van der Waals surface area (Å²) in [5.74, 6) is 0. The third-order valence-electron chi connectivity index (χ3n) is 0.511. The summed E-state index contributed by atoms with van der Waals surface area (Å²) in [5, 5.41) is -1.94. The molecule has 0 amide bonds. The van der Waals surface area contributed by atoms with E-state index in [4.69, 9.17) is 0 Å². The van der Waals surface area contributed by atoms with Gasteiger partial charge in [0.05, 0.1) is 0 Å². The number of rotatable bonds is 2. The molecular formula is C4H2ClF5O. The van der Waals surface area contributed by atoms with Gasteiger partial charge < -0.3 is 4.74 Å². The Morgan fingerprint density at radius 3 is 2.00 bits per heavy atom. The minimum absolute atomic E-state index is 1.90. The molecule has 0 aromatic heterocycles. The summed E-state index contributed by atoms with van der Waals surface area (Å²) in [4.78, 5) is 0. The van der Waals surface area contributed by atoms with E-state index in [1.54, 1.807) is 0 Å². The average molecular weight is 197 g/mol. The molecule has 0 bridgehead atoms. The Kier molecular flexibility index (Phi) is 3.57. The van der Waals surface area contributed by atoms with Gasteiger partial charge in [0.15, 0.2) is 6.61 Å². The Bertz CT molecular complexity index is 158. The molecule has 0 saturated carbocycles. The second-order valence-corrected chi connectivity index (χ2v) is 1.77. The van der Waals surface area contributed by atoms with Crippen molar-refractivity contribution in [1.82, 2.24) is 0 Å². The average Bonchev–Trinajstić information content (AvgIpc) is 1.80. The number of ether oxygens (including phenoxy) is 1. The van der Waals surface area contributed by atoms with Gasteiger partial charge in [-0.25, -0.2) is 0 Å². The molecule has 1 nitrogen and oxygen atoms in total. The Balaban J connectivity index is 3.82. The molecule has 0 heterocycles. The van der Waals surface area contributed by atoms with Gasteiger partial charge in [0, 0.05) is 0 Å². The molecular weight excluding hydrogens is 194 g/mol. The van der Waals surface area contributed by atoms with Crippen molar-refractivity contribution in [3.8, 4) is 0 Å². The van der Waals surface area contributed by atoms with Gasteiger partial charge in [0.25, 0.3) is 5.29 Å². The van der Waals surface area contributed by atoms with E-state index in [-0.39, 0.29) is 0 Å². The number of alkyl halides is 3. The molecule has 0 atom stereocenters. The first-order valence-corrected chi connectivity index (χ1v) is 2.61.